The minimum Gasteiger partial charge on any atom is -0.456 e. The zero-order valence-corrected chi connectivity index (χ0v) is 25.8. The van der Waals surface area contributed by atoms with Crippen LogP contribution >= 0.6 is 0 Å². The van der Waals surface area contributed by atoms with Gasteiger partial charge in [0.05, 0.1) is 8.07 Å². The summed E-state index contributed by atoms with van der Waals surface area (Å²) in [7, 11) is -1.66. The van der Waals surface area contributed by atoms with Gasteiger partial charge in [-0.1, -0.05) is 63.9 Å². The molecule has 0 fully saturated rings. The molecule has 0 unspecified atom stereocenters. The second-order valence-electron chi connectivity index (χ2n) is 10.9. The molecule has 0 spiro atoms. The Morgan fingerprint density at radius 2 is 1.45 bits per heavy atom. The van der Waals surface area contributed by atoms with E-state index < -0.39 is 13.7 Å². The fourth-order valence-electron chi connectivity index (χ4n) is 2.79. The van der Waals surface area contributed by atoms with Crippen LogP contribution in [0, 0.1) is 6.92 Å². The molecule has 192 valence electrons. The van der Waals surface area contributed by atoms with Crippen molar-refractivity contribution in [2.45, 2.75) is 125 Å². The molecule has 6 heteroatoms. The van der Waals surface area contributed by atoms with Crippen LogP contribution in [-0.4, -0.2) is 42.1 Å². The molecule has 0 atom stereocenters. The van der Waals surface area contributed by atoms with Crippen molar-refractivity contribution in [2.75, 3.05) is 0 Å². The van der Waals surface area contributed by atoms with E-state index in [9.17, 15) is 4.79 Å². The predicted molar refractivity (Wildman–Crippen MR) is 142 cm³/mol. The largest absolute Gasteiger partial charge is 0.456 e. The maximum atomic E-state index is 12.7. The third kappa shape index (κ3) is 20.5. The number of benzene rings is 1. The van der Waals surface area contributed by atoms with Gasteiger partial charge in [0.1, 0.15) is 5.60 Å². The van der Waals surface area contributed by atoms with Gasteiger partial charge >= 0.3 is 5.97 Å². The molecule has 0 heterocycles. The fraction of sp³-hybridized carbons (Fsp3) is 0.704. The van der Waals surface area contributed by atoms with Crippen molar-refractivity contribution in [1.29, 1.82) is 0 Å². The molecule has 0 bridgehead atoms. The van der Waals surface area contributed by atoms with E-state index in [1.165, 1.54) is 24.8 Å². The fourth-order valence-corrected chi connectivity index (χ4v) is 4.38. The zero-order chi connectivity index (χ0) is 25.7. The molecule has 1 aromatic carbocycles. The summed E-state index contributed by atoms with van der Waals surface area (Å²) in [6.07, 6.45) is 5.53. The van der Waals surface area contributed by atoms with E-state index in [2.05, 4.69) is 45.6 Å². The topological polar surface area (TPSA) is 66.8 Å². The summed E-state index contributed by atoms with van der Waals surface area (Å²) < 4.78 is 5.66. The monoisotopic (exact) mass is 515 g/mol. The van der Waals surface area contributed by atoms with Gasteiger partial charge in [-0.25, -0.2) is 4.79 Å². The number of carbonyl (C=O) groups excluding carboxylic acids is 1. The van der Waals surface area contributed by atoms with Crippen molar-refractivity contribution in [2.24, 2.45) is 0 Å². The summed E-state index contributed by atoms with van der Waals surface area (Å²) in [5, 5.41) is 17.3. The third-order valence-corrected chi connectivity index (χ3v) is 6.10. The Bertz CT molecular complexity index is 648. The second kappa shape index (κ2) is 17.8. The number of esters is 1. The van der Waals surface area contributed by atoms with Crippen molar-refractivity contribution < 1.29 is 41.5 Å². The number of aliphatic hydroxyl groups is 2. The second-order valence-corrected chi connectivity index (χ2v) is 16.0. The van der Waals surface area contributed by atoms with Crippen molar-refractivity contribution >= 4 is 19.2 Å². The number of ether oxygens (including phenoxy) is 1. The van der Waals surface area contributed by atoms with Gasteiger partial charge in [-0.3, -0.25) is 0 Å². The molecular weight excluding hydrogens is 464 g/mol. The van der Waals surface area contributed by atoms with E-state index in [-0.39, 0.29) is 39.9 Å². The molecule has 0 aliphatic heterocycles. The van der Waals surface area contributed by atoms with Gasteiger partial charge in [0.15, 0.2) is 0 Å². The maximum absolute atomic E-state index is 12.7. The van der Waals surface area contributed by atoms with Gasteiger partial charge in [-0.05, 0) is 48.5 Å². The summed E-state index contributed by atoms with van der Waals surface area (Å²) in [6, 6.07) is 4.19. The van der Waals surface area contributed by atoms with Gasteiger partial charge < -0.3 is 14.9 Å². The van der Waals surface area contributed by atoms with E-state index in [0.29, 0.717) is 0 Å². The Labute approximate surface area is 220 Å². The van der Waals surface area contributed by atoms with E-state index in [1.807, 2.05) is 20.8 Å². The van der Waals surface area contributed by atoms with E-state index >= 15 is 0 Å². The average Bonchev–Trinajstić information content (AvgIpc) is 2.56. The van der Waals surface area contributed by atoms with Crippen molar-refractivity contribution in [3.05, 3.63) is 35.7 Å². The van der Waals surface area contributed by atoms with Gasteiger partial charge in [-0.15, -0.1) is 11.6 Å². The molecule has 0 saturated heterocycles. The zero-order valence-electron chi connectivity index (χ0n) is 23.3. The summed E-state index contributed by atoms with van der Waals surface area (Å²) in [5.74, 6) is -0.199. The maximum Gasteiger partial charge on any atom is 0.336 e. The molecule has 2 N–H and O–H groups in total. The molecule has 0 saturated carbocycles. The van der Waals surface area contributed by atoms with Gasteiger partial charge in [0.2, 0.25) is 0 Å². The minimum atomic E-state index is -1.66. The van der Waals surface area contributed by atoms with E-state index in [4.69, 9.17) is 14.9 Å². The third-order valence-electron chi connectivity index (χ3n) is 4.07. The number of aliphatic hydroxyl groups excluding tert-OH is 2. The van der Waals surface area contributed by atoms with Crippen molar-refractivity contribution in [3.63, 3.8) is 0 Å². The van der Waals surface area contributed by atoms with Gasteiger partial charge in [0.25, 0.3) is 0 Å². The number of unbranched alkanes of at least 4 members (excludes halogenated alkanes) is 3. The van der Waals surface area contributed by atoms with Crippen LogP contribution in [-0.2, 0) is 32.9 Å². The van der Waals surface area contributed by atoms with Crippen molar-refractivity contribution in [1.82, 2.24) is 0 Å². The molecule has 0 aromatic heterocycles. The van der Waals surface area contributed by atoms with Crippen LogP contribution in [0.25, 0.3) is 0 Å². The first-order valence-electron chi connectivity index (χ1n) is 12.0. The standard InChI is InChI=1S/C21H35O2Si.2C3H8O.Ti/c1-9-10-11-12-13-17-15-18(20(22)23-21(3,4)5)19(14-16(17)2)24(6,7)8;2*1-3(2)4;/h14-15H,2,9-13H2,1,3-8H3;2*3-4H,1-2H3;/q-1;;;. The van der Waals surface area contributed by atoms with Crippen molar-refractivity contribution in [3.8, 4) is 0 Å². The smallest absolute Gasteiger partial charge is 0.336 e. The molecule has 33 heavy (non-hydrogen) atoms. The molecular formula is C27H51O4SiTi-. The first-order chi connectivity index (χ1) is 14.4. The van der Waals surface area contributed by atoms with Gasteiger partial charge in [-0.2, -0.15) is 18.6 Å². The molecule has 1 aromatic rings. The van der Waals surface area contributed by atoms with Crippen LogP contribution in [0.4, 0.5) is 0 Å². The minimum absolute atomic E-state index is 0. The Balaban J connectivity index is -0.000000862. The Morgan fingerprint density at radius 3 is 1.82 bits per heavy atom. The first kappa shape index (κ1) is 37.0. The summed E-state index contributed by atoms with van der Waals surface area (Å²) in [5.41, 5.74) is 2.53. The SMILES string of the molecule is CC(C)O.CC(C)O.[CH2-]c1cc([Si](C)(C)C)c(C(=O)OC(C)(C)C)cc1CCCCCC.[Ti]. The van der Waals surface area contributed by atoms with Crippen LogP contribution in [0.15, 0.2) is 12.1 Å². The first-order valence-corrected chi connectivity index (χ1v) is 15.5. The quantitative estimate of drug-likeness (QED) is 0.195. The number of carbonyl (C=O) groups is 1. The molecule has 0 aliphatic rings. The average molecular weight is 516 g/mol. The van der Waals surface area contributed by atoms with E-state index in [1.54, 1.807) is 27.7 Å². The summed E-state index contributed by atoms with van der Waals surface area (Å²) in [4.78, 5) is 12.7. The summed E-state index contributed by atoms with van der Waals surface area (Å²) in [6.45, 7) is 25.9. The number of hydrogen-bond acceptors (Lipinski definition) is 4. The molecule has 4 nitrogen and oxygen atoms in total. The Kier molecular flexibility index (Phi) is 19.9. The van der Waals surface area contributed by atoms with Crippen LogP contribution < -0.4 is 5.19 Å². The van der Waals surface area contributed by atoms with Crippen LogP contribution in [0.1, 0.15) is 103 Å². The molecule has 0 radical (unpaired) electrons. The van der Waals surface area contributed by atoms with Crippen LogP contribution in [0.5, 0.6) is 0 Å². The molecule has 0 aliphatic carbocycles. The molecule has 1 rings (SSSR count). The Hall–Kier alpha value is -0.589. The number of hydrogen-bond donors (Lipinski definition) is 2. The predicted octanol–water partition coefficient (Wildman–Crippen LogP) is 6.26. The van der Waals surface area contributed by atoms with Gasteiger partial charge in [0, 0.05) is 39.5 Å². The normalized spacial score (nSPS) is 11.1. The molecule has 0 amide bonds. The number of aryl methyl sites for hydroxylation is 1. The van der Waals surface area contributed by atoms with E-state index in [0.717, 1.165) is 29.2 Å². The van der Waals surface area contributed by atoms with Crippen LogP contribution in [0.2, 0.25) is 19.6 Å². The Morgan fingerprint density at radius 1 is 1.00 bits per heavy atom. The summed E-state index contributed by atoms with van der Waals surface area (Å²) >= 11 is 0. The van der Waals surface area contributed by atoms with Crippen LogP contribution in [0.3, 0.4) is 0 Å². The number of rotatable bonds is 7.